The number of hydrogen-bond acceptors (Lipinski definition) is 5. The molecule has 0 atom stereocenters. The number of benzene rings is 1. The van der Waals surface area contributed by atoms with Gasteiger partial charge in [-0.2, -0.15) is 0 Å². The molecule has 0 saturated carbocycles. The Bertz CT molecular complexity index is 544. The van der Waals surface area contributed by atoms with Gasteiger partial charge in [-0.05, 0) is 38.1 Å². The molecule has 1 N–H and O–H groups in total. The third-order valence-corrected chi connectivity index (χ3v) is 2.81. The molecule has 1 heterocycles. The number of aliphatic hydroxyl groups is 1. The van der Waals surface area contributed by atoms with Crippen LogP contribution in [0.25, 0.3) is 0 Å². The van der Waals surface area contributed by atoms with E-state index in [4.69, 9.17) is 9.47 Å². The molecular weight excluding hydrogens is 258 g/mol. The predicted molar refractivity (Wildman–Crippen MR) is 73.8 cm³/mol. The molecule has 0 aliphatic rings. The van der Waals surface area contributed by atoms with Gasteiger partial charge in [-0.15, -0.1) is 5.10 Å². The second kappa shape index (κ2) is 5.92. The number of aromatic nitrogens is 3. The van der Waals surface area contributed by atoms with Crippen LogP contribution in [0.4, 0.5) is 0 Å². The number of nitrogens with zero attached hydrogens (tertiary/aromatic N) is 3. The topological polar surface area (TPSA) is 69.4 Å². The summed E-state index contributed by atoms with van der Waals surface area (Å²) >= 11 is 0. The van der Waals surface area contributed by atoms with Crippen molar-refractivity contribution in [1.29, 1.82) is 0 Å². The molecule has 1 aromatic heterocycles. The molecule has 108 valence electrons. The van der Waals surface area contributed by atoms with E-state index >= 15 is 0 Å². The zero-order valence-corrected chi connectivity index (χ0v) is 11.9. The minimum Gasteiger partial charge on any atom is -0.497 e. The highest BCUT2D eigenvalue weighted by atomic mass is 16.5. The quantitative estimate of drug-likeness (QED) is 0.868. The van der Waals surface area contributed by atoms with Crippen LogP contribution in [0.2, 0.25) is 0 Å². The lowest BCUT2D eigenvalue weighted by molar-refractivity contribution is 0.0737. The van der Waals surface area contributed by atoms with E-state index in [9.17, 15) is 5.11 Å². The molecule has 0 saturated heterocycles. The van der Waals surface area contributed by atoms with Crippen molar-refractivity contribution in [1.82, 2.24) is 15.0 Å². The van der Waals surface area contributed by atoms with Gasteiger partial charge in [-0.3, -0.25) is 0 Å². The van der Waals surface area contributed by atoms with E-state index in [1.165, 1.54) is 0 Å². The van der Waals surface area contributed by atoms with Crippen LogP contribution in [-0.4, -0.2) is 33.8 Å². The highest BCUT2D eigenvalue weighted by Crippen LogP contribution is 2.17. The van der Waals surface area contributed by atoms with Crippen LogP contribution in [0.15, 0.2) is 30.5 Å². The minimum atomic E-state index is -0.977. The summed E-state index contributed by atoms with van der Waals surface area (Å²) in [6.45, 7) is 4.39. The summed E-state index contributed by atoms with van der Waals surface area (Å²) in [6.07, 6.45) is 1.72. The Hall–Kier alpha value is -2.08. The van der Waals surface area contributed by atoms with E-state index in [0.29, 0.717) is 18.8 Å². The standard InChI is InChI=1S/C14H19N3O3/c1-14(2,18)13-10-17(16-15-13)8-9-20-12-6-4-11(19-3)5-7-12/h4-7,10,18H,8-9H2,1-3H3. The number of hydrogen-bond donors (Lipinski definition) is 1. The molecule has 0 amide bonds. The largest absolute Gasteiger partial charge is 0.497 e. The number of methoxy groups -OCH3 is 1. The molecule has 0 spiro atoms. The molecule has 0 aliphatic heterocycles. The first-order valence-electron chi connectivity index (χ1n) is 6.39. The lowest BCUT2D eigenvalue weighted by Crippen LogP contribution is -2.16. The second-order valence-electron chi connectivity index (χ2n) is 4.95. The Balaban J connectivity index is 1.84. The lowest BCUT2D eigenvalue weighted by atomic mass is 10.1. The minimum absolute atomic E-state index is 0.473. The molecule has 2 aromatic rings. The third kappa shape index (κ3) is 3.71. The van der Waals surface area contributed by atoms with Crippen molar-refractivity contribution in [3.63, 3.8) is 0 Å². The fourth-order valence-electron chi connectivity index (χ4n) is 1.62. The summed E-state index contributed by atoms with van der Waals surface area (Å²) < 4.78 is 12.3. The molecule has 0 radical (unpaired) electrons. The van der Waals surface area contributed by atoms with Crippen LogP contribution in [0.1, 0.15) is 19.5 Å². The van der Waals surface area contributed by atoms with E-state index in [0.717, 1.165) is 11.5 Å². The van der Waals surface area contributed by atoms with Crippen molar-refractivity contribution in [3.05, 3.63) is 36.2 Å². The summed E-state index contributed by atoms with van der Waals surface area (Å²) in [5.74, 6) is 1.57. The van der Waals surface area contributed by atoms with Gasteiger partial charge in [-0.1, -0.05) is 5.21 Å². The predicted octanol–water partition coefficient (Wildman–Crippen LogP) is 1.59. The first-order valence-corrected chi connectivity index (χ1v) is 6.39. The Morgan fingerprint density at radius 2 is 1.85 bits per heavy atom. The maximum absolute atomic E-state index is 9.80. The maximum atomic E-state index is 9.80. The van der Waals surface area contributed by atoms with E-state index in [2.05, 4.69) is 10.3 Å². The summed E-state index contributed by atoms with van der Waals surface area (Å²) in [7, 11) is 1.63. The maximum Gasteiger partial charge on any atom is 0.119 e. The van der Waals surface area contributed by atoms with Gasteiger partial charge >= 0.3 is 0 Å². The van der Waals surface area contributed by atoms with Gasteiger partial charge < -0.3 is 14.6 Å². The molecule has 0 fully saturated rings. The zero-order valence-electron chi connectivity index (χ0n) is 11.9. The van der Waals surface area contributed by atoms with E-state index < -0.39 is 5.60 Å². The fraction of sp³-hybridized carbons (Fsp3) is 0.429. The van der Waals surface area contributed by atoms with Crippen LogP contribution in [0.3, 0.4) is 0 Å². The SMILES string of the molecule is COc1ccc(OCCn2cc(C(C)(C)O)nn2)cc1. The molecule has 2 rings (SSSR count). The van der Waals surface area contributed by atoms with Crippen LogP contribution in [0, 0.1) is 0 Å². The van der Waals surface area contributed by atoms with Crippen LogP contribution < -0.4 is 9.47 Å². The summed E-state index contributed by atoms with van der Waals surface area (Å²) in [5, 5.41) is 17.7. The number of ether oxygens (including phenoxy) is 2. The van der Waals surface area contributed by atoms with Gasteiger partial charge in [0.15, 0.2) is 0 Å². The highest BCUT2D eigenvalue weighted by molar-refractivity contribution is 5.31. The van der Waals surface area contributed by atoms with Crippen molar-refractivity contribution < 1.29 is 14.6 Å². The summed E-state index contributed by atoms with van der Waals surface area (Å²) in [4.78, 5) is 0. The third-order valence-electron chi connectivity index (χ3n) is 2.81. The van der Waals surface area contributed by atoms with Gasteiger partial charge in [0.2, 0.25) is 0 Å². The van der Waals surface area contributed by atoms with Gasteiger partial charge in [0, 0.05) is 0 Å². The number of rotatable bonds is 6. The van der Waals surface area contributed by atoms with Crippen molar-refractivity contribution in [3.8, 4) is 11.5 Å². The molecular formula is C14H19N3O3. The van der Waals surface area contributed by atoms with Gasteiger partial charge in [0.05, 0.1) is 19.9 Å². The van der Waals surface area contributed by atoms with Crippen LogP contribution in [-0.2, 0) is 12.1 Å². The molecule has 1 aromatic carbocycles. The average molecular weight is 277 g/mol. The summed E-state index contributed by atoms with van der Waals surface area (Å²) in [5.41, 5.74) is -0.434. The Morgan fingerprint density at radius 3 is 2.40 bits per heavy atom. The first-order chi connectivity index (χ1) is 9.49. The second-order valence-corrected chi connectivity index (χ2v) is 4.95. The average Bonchev–Trinajstić information content (AvgIpc) is 2.88. The van der Waals surface area contributed by atoms with Crippen molar-refractivity contribution in [2.24, 2.45) is 0 Å². The van der Waals surface area contributed by atoms with Gasteiger partial charge in [0.25, 0.3) is 0 Å². The fourth-order valence-corrected chi connectivity index (χ4v) is 1.62. The van der Waals surface area contributed by atoms with Gasteiger partial charge in [0.1, 0.15) is 29.4 Å². The van der Waals surface area contributed by atoms with Crippen LogP contribution >= 0.6 is 0 Å². The smallest absolute Gasteiger partial charge is 0.119 e. The van der Waals surface area contributed by atoms with E-state index in [-0.39, 0.29) is 0 Å². The monoisotopic (exact) mass is 277 g/mol. The Kier molecular flexibility index (Phi) is 4.24. The molecule has 20 heavy (non-hydrogen) atoms. The molecule has 0 aliphatic carbocycles. The van der Waals surface area contributed by atoms with Crippen molar-refractivity contribution in [2.75, 3.05) is 13.7 Å². The Morgan fingerprint density at radius 1 is 1.20 bits per heavy atom. The molecule has 6 nitrogen and oxygen atoms in total. The molecule has 0 unspecified atom stereocenters. The van der Waals surface area contributed by atoms with Crippen molar-refractivity contribution in [2.45, 2.75) is 26.0 Å². The lowest BCUT2D eigenvalue weighted by Gasteiger charge is -2.11. The molecule has 6 heteroatoms. The normalized spacial score (nSPS) is 11.4. The van der Waals surface area contributed by atoms with Crippen molar-refractivity contribution >= 4 is 0 Å². The van der Waals surface area contributed by atoms with E-state index in [1.807, 2.05) is 24.3 Å². The zero-order chi connectivity index (χ0) is 14.6. The van der Waals surface area contributed by atoms with Crippen LogP contribution in [0.5, 0.6) is 11.5 Å². The molecule has 0 bridgehead atoms. The summed E-state index contributed by atoms with van der Waals surface area (Å²) in [6, 6.07) is 7.39. The highest BCUT2D eigenvalue weighted by Gasteiger charge is 2.19. The van der Waals surface area contributed by atoms with Gasteiger partial charge in [-0.25, -0.2) is 4.68 Å². The Labute approximate surface area is 117 Å². The van der Waals surface area contributed by atoms with E-state index in [1.54, 1.807) is 31.8 Å². The first kappa shape index (κ1) is 14.3.